The summed E-state index contributed by atoms with van der Waals surface area (Å²) in [5.41, 5.74) is 1.22. The van der Waals surface area contributed by atoms with Crippen molar-refractivity contribution in [2.24, 2.45) is 0 Å². The zero-order valence-corrected chi connectivity index (χ0v) is 12.6. The zero-order valence-electron chi connectivity index (χ0n) is 11.0. The maximum Gasteiger partial charge on any atom is 0.316 e. The van der Waals surface area contributed by atoms with E-state index in [-0.39, 0.29) is 18.4 Å². The van der Waals surface area contributed by atoms with E-state index in [0.717, 1.165) is 11.4 Å². The first kappa shape index (κ1) is 17.3. The second-order valence-corrected chi connectivity index (χ2v) is 5.17. The fourth-order valence-corrected chi connectivity index (χ4v) is 1.86. The van der Waals surface area contributed by atoms with E-state index < -0.39 is 0 Å². The normalized spacial score (nSPS) is 10.0. The SMILES string of the molecule is Cc1ccc(SCC(=O)OCCN(C)C)cc1.Cl. The van der Waals surface area contributed by atoms with E-state index in [1.165, 1.54) is 17.3 Å². The fourth-order valence-electron chi connectivity index (χ4n) is 1.16. The van der Waals surface area contributed by atoms with E-state index in [9.17, 15) is 4.79 Å². The minimum Gasteiger partial charge on any atom is -0.464 e. The van der Waals surface area contributed by atoms with Crippen LogP contribution in [0, 0.1) is 6.92 Å². The van der Waals surface area contributed by atoms with Crippen molar-refractivity contribution in [3.8, 4) is 0 Å². The number of hydrogen-bond acceptors (Lipinski definition) is 4. The summed E-state index contributed by atoms with van der Waals surface area (Å²) in [6.07, 6.45) is 0. The van der Waals surface area contributed by atoms with Crippen molar-refractivity contribution < 1.29 is 9.53 Å². The van der Waals surface area contributed by atoms with Gasteiger partial charge in [-0.05, 0) is 33.2 Å². The first-order valence-electron chi connectivity index (χ1n) is 5.58. The molecule has 0 aromatic heterocycles. The highest BCUT2D eigenvalue weighted by Crippen LogP contribution is 2.18. The van der Waals surface area contributed by atoms with Gasteiger partial charge in [0.05, 0.1) is 5.75 Å². The Morgan fingerprint density at radius 1 is 1.28 bits per heavy atom. The van der Waals surface area contributed by atoms with E-state index in [0.29, 0.717) is 12.4 Å². The first-order valence-corrected chi connectivity index (χ1v) is 6.56. The molecule has 0 fully saturated rings. The van der Waals surface area contributed by atoms with Gasteiger partial charge in [-0.2, -0.15) is 0 Å². The predicted octanol–water partition coefficient (Wildman–Crippen LogP) is 2.61. The molecule has 0 saturated heterocycles. The van der Waals surface area contributed by atoms with E-state index in [4.69, 9.17) is 4.74 Å². The summed E-state index contributed by atoms with van der Waals surface area (Å²) in [4.78, 5) is 14.5. The summed E-state index contributed by atoms with van der Waals surface area (Å²) in [6, 6.07) is 8.12. The number of nitrogens with zero attached hydrogens (tertiary/aromatic N) is 1. The molecule has 0 saturated carbocycles. The molecule has 0 radical (unpaired) electrons. The Balaban J connectivity index is 0.00000289. The van der Waals surface area contributed by atoms with Crippen LogP contribution in [0.4, 0.5) is 0 Å². The standard InChI is InChI=1S/C13H19NO2S.ClH/c1-11-4-6-12(7-5-11)17-10-13(15)16-9-8-14(2)3;/h4-7H,8-10H2,1-3H3;1H. The van der Waals surface area contributed by atoms with Crippen LogP contribution in [-0.4, -0.2) is 43.9 Å². The summed E-state index contributed by atoms with van der Waals surface area (Å²) in [5, 5.41) is 0. The maximum absolute atomic E-state index is 11.4. The molecule has 0 spiro atoms. The maximum atomic E-state index is 11.4. The third-order valence-electron chi connectivity index (χ3n) is 2.18. The lowest BCUT2D eigenvalue weighted by Crippen LogP contribution is -2.20. The van der Waals surface area contributed by atoms with Crippen LogP contribution in [0.25, 0.3) is 0 Å². The van der Waals surface area contributed by atoms with E-state index >= 15 is 0 Å². The molecular weight excluding hydrogens is 270 g/mol. The number of ether oxygens (including phenoxy) is 1. The summed E-state index contributed by atoms with van der Waals surface area (Å²) >= 11 is 1.51. The zero-order chi connectivity index (χ0) is 12.7. The Morgan fingerprint density at radius 3 is 2.44 bits per heavy atom. The van der Waals surface area contributed by atoms with Gasteiger partial charge in [-0.1, -0.05) is 17.7 Å². The molecule has 3 nitrogen and oxygen atoms in total. The first-order chi connectivity index (χ1) is 8.08. The number of carbonyl (C=O) groups is 1. The quantitative estimate of drug-likeness (QED) is 0.595. The summed E-state index contributed by atoms with van der Waals surface area (Å²) in [7, 11) is 3.91. The highest BCUT2D eigenvalue weighted by Gasteiger charge is 2.04. The number of halogens is 1. The van der Waals surface area contributed by atoms with Crippen LogP contribution in [-0.2, 0) is 9.53 Å². The third kappa shape index (κ3) is 7.58. The van der Waals surface area contributed by atoms with Gasteiger partial charge >= 0.3 is 5.97 Å². The van der Waals surface area contributed by atoms with Gasteiger partial charge in [0.2, 0.25) is 0 Å². The number of aryl methyl sites for hydroxylation is 1. The number of hydrogen-bond donors (Lipinski definition) is 0. The molecule has 0 amide bonds. The van der Waals surface area contributed by atoms with Crippen LogP contribution in [0.3, 0.4) is 0 Å². The average molecular weight is 290 g/mol. The summed E-state index contributed by atoms with van der Waals surface area (Å²) in [6.45, 7) is 3.27. The molecule has 0 unspecified atom stereocenters. The van der Waals surface area contributed by atoms with Crippen molar-refractivity contribution in [2.45, 2.75) is 11.8 Å². The minimum absolute atomic E-state index is 0. The van der Waals surface area contributed by atoms with Crippen molar-refractivity contribution >= 4 is 30.1 Å². The molecule has 18 heavy (non-hydrogen) atoms. The van der Waals surface area contributed by atoms with Gasteiger partial charge in [0.15, 0.2) is 0 Å². The molecule has 1 aromatic carbocycles. The van der Waals surface area contributed by atoms with Crippen molar-refractivity contribution in [1.29, 1.82) is 0 Å². The number of rotatable bonds is 6. The Morgan fingerprint density at radius 2 is 1.89 bits per heavy atom. The number of likely N-dealkylation sites (N-methyl/N-ethyl adjacent to an activating group) is 1. The summed E-state index contributed by atoms with van der Waals surface area (Å²) < 4.78 is 5.10. The van der Waals surface area contributed by atoms with Crippen molar-refractivity contribution in [3.63, 3.8) is 0 Å². The Labute approximate surface area is 119 Å². The molecule has 0 aliphatic heterocycles. The molecule has 0 bridgehead atoms. The lowest BCUT2D eigenvalue weighted by molar-refractivity contribution is -0.140. The molecular formula is C13H20ClNO2S. The Hall–Kier alpha value is -0.710. The van der Waals surface area contributed by atoms with Crippen LogP contribution in [0.5, 0.6) is 0 Å². The van der Waals surface area contributed by atoms with E-state index in [2.05, 4.69) is 0 Å². The Kier molecular flexibility index (Phi) is 8.89. The van der Waals surface area contributed by atoms with Gasteiger partial charge in [-0.3, -0.25) is 4.79 Å². The highest BCUT2D eigenvalue weighted by molar-refractivity contribution is 8.00. The number of benzene rings is 1. The number of carbonyl (C=O) groups excluding carboxylic acids is 1. The lowest BCUT2D eigenvalue weighted by atomic mass is 10.2. The van der Waals surface area contributed by atoms with Crippen molar-refractivity contribution in [3.05, 3.63) is 29.8 Å². The van der Waals surface area contributed by atoms with Gasteiger partial charge in [-0.15, -0.1) is 24.2 Å². The predicted molar refractivity (Wildman–Crippen MR) is 78.7 cm³/mol. The monoisotopic (exact) mass is 289 g/mol. The van der Waals surface area contributed by atoms with E-state index in [1.807, 2.05) is 50.2 Å². The number of esters is 1. The van der Waals surface area contributed by atoms with Crippen LogP contribution < -0.4 is 0 Å². The molecule has 5 heteroatoms. The van der Waals surface area contributed by atoms with Gasteiger partial charge < -0.3 is 9.64 Å². The fraction of sp³-hybridized carbons (Fsp3) is 0.462. The van der Waals surface area contributed by atoms with Crippen LogP contribution in [0.2, 0.25) is 0 Å². The molecule has 0 atom stereocenters. The van der Waals surface area contributed by atoms with Crippen LogP contribution >= 0.6 is 24.2 Å². The molecule has 0 heterocycles. The van der Waals surface area contributed by atoms with Gasteiger partial charge in [0.25, 0.3) is 0 Å². The number of thioether (sulfide) groups is 1. The topological polar surface area (TPSA) is 29.5 Å². The Bertz CT molecular complexity index is 355. The highest BCUT2D eigenvalue weighted by atomic mass is 35.5. The minimum atomic E-state index is -0.155. The molecule has 0 N–H and O–H groups in total. The van der Waals surface area contributed by atoms with Gasteiger partial charge in [-0.25, -0.2) is 0 Å². The molecule has 102 valence electrons. The van der Waals surface area contributed by atoms with Crippen LogP contribution in [0.1, 0.15) is 5.56 Å². The molecule has 0 aliphatic rings. The van der Waals surface area contributed by atoms with Gasteiger partial charge in [0, 0.05) is 11.4 Å². The molecule has 1 rings (SSSR count). The van der Waals surface area contributed by atoms with E-state index in [1.54, 1.807) is 0 Å². The smallest absolute Gasteiger partial charge is 0.316 e. The second kappa shape index (κ2) is 9.25. The van der Waals surface area contributed by atoms with Crippen molar-refractivity contribution in [1.82, 2.24) is 4.90 Å². The largest absolute Gasteiger partial charge is 0.464 e. The van der Waals surface area contributed by atoms with Crippen LogP contribution in [0.15, 0.2) is 29.2 Å². The molecule has 1 aromatic rings. The second-order valence-electron chi connectivity index (χ2n) is 4.13. The molecule has 0 aliphatic carbocycles. The summed E-state index contributed by atoms with van der Waals surface area (Å²) in [5.74, 6) is 0.216. The third-order valence-corrected chi connectivity index (χ3v) is 3.16. The van der Waals surface area contributed by atoms with Crippen molar-refractivity contribution in [2.75, 3.05) is 33.0 Å². The average Bonchev–Trinajstić information content (AvgIpc) is 2.28. The van der Waals surface area contributed by atoms with Gasteiger partial charge in [0.1, 0.15) is 6.61 Å². The lowest BCUT2D eigenvalue weighted by Gasteiger charge is -2.09.